The number of alkyl halides is 3. The normalized spacial score (nSPS) is 12.3. The second kappa shape index (κ2) is 5.39. The second-order valence-electron chi connectivity index (χ2n) is 3.41. The van der Waals surface area contributed by atoms with E-state index in [0.717, 1.165) is 12.1 Å². The van der Waals surface area contributed by atoms with Crippen LogP contribution in [-0.2, 0) is 12.7 Å². The second-order valence-corrected chi connectivity index (χ2v) is 3.41. The van der Waals surface area contributed by atoms with E-state index in [1.165, 1.54) is 12.1 Å². The Morgan fingerprint density at radius 2 is 1.83 bits per heavy atom. The van der Waals surface area contributed by atoms with Gasteiger partial charge in [0.25, 0.3) is 0 Å². The lowest BCUT2D eigenvalue weighted by Gasteiger charge is -2.07. The highest BCUT2D eigenvalue weighted by Crippen LogP contribution is 2.29. The molecule has 0 spiro atoms. The zero-order chi connectivity index (χ0) is 13.8. The zero-order valence-electron chi connectivity index (χ0n) is 9.28. The van der Waals surface area contributed by atoms with Crippen LogP contribution < -0.4 is 17.2 Å². The number of hydrogen-bond donors (Lipinski definition) is 3. The largest absolute Gasteiger partial charge is 0.416 e. The van der Waals surface area contributed by atoms with E-state index < -0.39 is 11.7 Å². The molecule has 5 nitrogen and oxygen atoms in total. The van der Waals surface area contributed by atoms with Crippen LogP contribution in [0.5, 0.6) is 0 Å². The van der Waals surface area contributed by atoms with Gasteiger partial charge in [0.15, 0.2) is 5.96 Å². The molecule has 0 saturated heterocycles. The van der Waals surface area contributed by atoms with E-state index in [4.69, 9.17) is 17.2 Å². The van der Waals surface area contributed by atoms with E-state index >= 15 is 0 Å². The molecule has 0 aliphatic rings. The molecule has 0 saturated carbocycles. The number of nitrogens with zero attached hydrogens (tertiary/aromatic N) is 2. The Balaban J connectivity index is 2.84. The van der Waals surface area contributed by atoms with E-state index in [2.05, 4.69) is 9.98 Å². The fourth-order valence-electron chi connectivity index (χ4n) is 1.19. The molecule has 1 aromatic rings. The Morgan fingerprint density at radius 3 is 2.39 bits per heavy atom. The number of guanidine groups is 2. The molecule has 98 valence electrons. The van der Waals surface area contributed by atoms with Gasteiger partial charge in [0.1, 0.15) is 0 Å². The first-order chi connectivity index (χ1) is 8.29. The predicted molar refractivity (Wildman–Crippen MR) is 62.6 cm³/mol. The van der Waals surface area contributed by atoms with Crippen molar-refractivity contribution in [2.75, 3.05) is 0 Å². The summed E-state index contributed by atoms with van der Waals surface area (Å²) in [4.78, 5) is 7.18. The van der Waals surface area contributed by atoms with Gasteiger partial charge in [0.05, 0.1) is 12.1 Å². The van der Waals surface area contributed by atoms with Crippen LogP contribution in [0.15, 0.2) is 34.3 Å². The summed E-state index contributed by atoms with van der Waals surface area (Å²) in [5.74, 6) is -0.451. The van der Waals surface area contributed by atoms with Crippen LogP contribution >= 0.6 is 0 Å². The third-order valence-electron chi connectivity index (χ3n) is 1.92. The van der Waals surface area contributed by atoms with E-state index in [0.29, 0.717) is 5.56 Å². The molecule has 8 heteroatoms. The fraction of sp³-hybridized carbons (Fsp3) is 0.200. The van der Waals surface area contributed by atoms with Crippen LogP contribution in [-0.4, -0.2) is 11.9 Å². The number of nitrogens with two attached hydrogens (primary N) is 3. The molecular weight excluding hydrogens is 247 g/mol. The molecule has 0 bridgehead atoms. The van der Waals surface area contributed by atoms with E-state index in [1.54, 1.807) is 0 Å². The average Bonchev–Trinajstić information content (AvgIpc) is 2.25. The standard InChI is InChI=1S/C10H12F3N5/c11-10(12,13)7-3-1-2-6(4-7)5-17-9(16)18-8(14)15/h1-4H,5H2,(H6,14,15,16,17,18). The van der Waals surface area contributed by atoms with Gasteiger partial charge >= 0.3 is 6.18 Å². The van der Waals surface area contributed by atoms with Crippen molar-refractivity contribution in [1.82, 2.24) is 0 Å². The van der Waals surface area contributed by atoms with Gasteiger partial charge in [0.2, 0.25) is 5.96 Å². The van der Waals surface area contributed by atoms with Gasteiger partial charge in [-0.3, -0.25) is 0 Å². The molecule has 0 unspecified atom stereocenters. The molecule has 0 aliphatic carbocycles. The number of hydrogen-bond acceptors (Lipinski definition) is 1. The number of halogens is 3. The molecule has 0 aromatic heterocycles. The zero-order valence-corrected chi connectivity index (χ0v) is 9.28. The van der Waals surface area contributed by atoms with E-state index in [9.17, 15) is 13.2 Å². The first-order valence-corrected chi connectivity index (χ1v) is 4.84. The Hall–Kier alpha value is -2.25. The van der Waals surface area contributed by atoms with Crippen molar-refractivity contribution in [3.05, 3.63) is 35.4 Å². The van der Waals surface area contributed by atoms with Gasteiger partial charge in [-0.05, 0) is 17.7 Å². The van der Waals surface area contributed by atoms with Crippen molar-refractivity contribution in [1.29, 1.82) is 0 Å². The Bertz CT molecular complexity index is 475. The van der Waals surface area contributed by atoms with Crippen LogP contribution in [0, 0.1) is 0 Å². The third-order valence-corrected chi connectivity index (χ3v) is 1.92. The molecule has 0 aliphatic heterocycles. The molecule has 0 heterocycles. The van der Waals surface area contributed by atoms with Crippen molar-refractivity contribution in [3.8, 4) is 0 Å². The van der Waals surface area contributed by atoms with Crippen LogP contribution in [0.3, 0.4) is 0 Å². The minimum absolute atomic E-state index is 0.0352. The summed E-state index contributed by atoms with van der Waals surface area (Å²) < 4.78 is 37.3. The SMILES string of the molecule is NC(N)=NC(N)=NCc1cccc(C(F)(F)F)c1. The number of benzene rings is 1. The summed E-state index contributed by atoms with van der Waals surface area (Å²) in [6.45, 7) is -0.0352. The van der Waals surface area contributed by atoms with Gasteiger partial charge in [-0.1, -0.05) is 12.1 Å². The lowest BCUT2D eigenvalue weighted by Crippen LogP contribution is -2.26. The predicted octanol–water partition coefficient (Wildman–Crippen LogP) is 0.794. The summed E-state index contributed by atoms with van der Waals surface area (Å²) in [7, 11) is 0. The van der Waals surface area contributed by atoms with Crippen molar-refractivity contribution >= 4 is 11.9 Å². The molecule has 18 heavy (non-hydrogen) atoms. The van der Waals surface area contributed by atoms with Crippen LogP contribution in [0.4, 0.5) is 13.2 Å². The Kier molecular flexibility index (Phi) is 4.13. The monoisotopic (exact) mass is 259 g/mol. The van der Waals surface area contributed by atoms with Gasteiger partial charge < -0.3 is 17.2 Å². The molecule has 0 radical (unpaired) electrons. The van der Waals surface area contributed by atoms with E-state index in [-0.39, 0.29) is 18.5 Å². The van der Waals surface area contributed by atoms with Gasteiger partial charge in [-0.15, -0.1) is 0 Å². The quantitative estimate of drug-likeness (QED) is 0.540. The van der Waals surface area contributed by atoms with Gasteiger partial charge in [-0.2, -0.15) is 18.2 Å². The van der Waals surface area contributed by atoms with Gasteiger partial charge in [0, 0.05) is 0 Å². The summed E-state index contributed by atoms with van der Waals surface area (Å²) in [5.41, 5.74) is 15.1. The highest BCUT2D eigenvalue weighted by atomic mass is 19.4. The van der Waals surface area contributed by atoms with E-state index in [1.807, 2.05) is 0 Å². The molecule has 1 aromatic carbocycles. The number of rotatable bonds is 2. The highest BCUT2D eigenvalue weighted by molar-refractivity contribution is 5.92. The van der Waals surface area contributed by atoms with Crippen LogP contribution in [0.2, 0.25) is 0 Å². The molecule has 0 fully saturated rings. The molecule has 1 rings (SSSR count). The molecular formula is C10H12F3N5. The minimum atomic E-state index is -4.38. The highest BCUT2D eigenvalue weighted by Gasteiger charge is 2.30. The maximum Gasteiger partial charge on any atom is 0.416 e. The van der Waals surface area contributed by atoms with Crippen molar-refractivity contribution in [2.45, 2.75) is 12.7 Å². The summed E-state index contributed by atoms with van der Waals surface area (Å²) >= 11 is 0. The molecule has 0 atom stereocenters. The summed E-state index contributed by atoms with van der Waals surface area (Å²) in [5, 5.41) is 0. The van der Waals surface area contributed by atoms with Crippen LogP contribution in [0.25, 0.3) is 0 Å². The fourth-order valence-corrected chi connectivity index (χ4v) is 1.19. The Morgan fingerprint density at radius 1 is 1.17 bits per heavy atom. The minimum Gasteiger partial charge on any atom is -0.370 e. The number of aliphatic imine (C=N–C) groups is 2. The summed E-state index contributed by atoms with van der Waals surface area (Å²) in [6, 6.07) is 4.77. The maximum atomic E-state index is 12.4. The molecule has 0 amide bonds. The third kappa shape index (κ3) is 4.32. The first kappa shape index (κ1) is 13.8. The Labute approximate surface area is 101 Å². The smallest absolute Gasteiger partial charge is 0.370 e. The van der Waals surface area contributed by atoms with Crippen molar-refractivity contribution < 1.29 is 13.2 Å². The average molecular weight is 259 g/mol. The maximum absolute atomic E-state index is 12.4. The van der Waals surface area contributed by atoms with Gasteiger partial charge in [-0.25, -0.2) is 4.99 Å². The molecule has 6 N–H and O–H groups in total. The lowest BCUT2D eigenvalue weighted by molar-refractivity contribution is -0.137. The summed E-state index contributed by atoms with van der Waals surface area (Å²) in [6.07, 6.45) is -4.38. The lowest BCUT2D eigenvalue weighted by atomic mass is 10.1. The van der Waals surface area contributed by atoms with Crippen molar-refractivity contribution in [3.63, 3.8) is 0 Å². The topological polar surface area (TPSA) is 103 Å². The first-order valence-electron chi connectivity index (χ1n) is 4.84. The van der Waals surface area contributed by atoms with Crippen LogP contribution in [0.1, 0.15) is 11.1 Å². The van der Waals surface area contributed by atoms with Crippen molar-refractivity contribution in [2.24, 2.45) is 27.2 Å².